The van der Waals surface area contributed by atoms with Gasteiger partial charge >= 0.3 is 0 Å². The van der Waals surface area contributed by atoms with Gasteiger partial charge in [0.1, 0.15) is 23.4 Å². The summed E-state index contributed by atoms with van der Waals surface area (Å²) in [5, 5.41) is 9.62. The van der Waals surface area contributed by atoms with Gasteiger partial charge in [0.25, 0.3) is 5.91 Å². The molecule has 0 spiro atoms. The molecular weight excluding hydrogens is 516 g/mol. The van der Waals surface area contributed by atoms with Crippen molar-refractivity contribution in [3.8, 4) is 23.4 Å². The van der Waals surface area contributed by atoms with E-state index in [1.165, 1.54) is 0 Å². The van der Waals surface area contributed by atoms with Crippen molar-refractivity contribution in [3.05, 3.63) is 100 Å². The Hall–Kier alpha value is -4.68. The fraction of sp³-hybridized carbons (Fsp3) is 0.312. The molecule has 1 aliphatic rings. The number of aromatic nitrogens is 3. The Bertz CT molecular complexity index is 1600. The van der Waals surface area contributed by atoms with Crippen LogP contribution in [0.15, 0.2) is 60.8 Å². The van der Waals surface area contributed by atoms with Crippen molar-refractivity contribution in [2.45, 2.75) is 33.9 Å². The van der Waals surface area contributed by atoms with E-state index in [-0.39, 0.29) is 5.91 Å². The van der Waals surface area contributed by atoms with Gasteiger partial charge in [0.15, 0.2) is 0 Å². The van der Waals surface area contributed by atoms with Crippen LogP contribution in [0.1, 0.15) is 44.3 Å². The second kappa shape index (κ2) is 12.2. The second-order valence-corrected chi connectivity index (χ2v) is 10.3. The molecule has 0 radical (unpaired) electrons. The maximum Gasteiger partial charge on any atom is 0.257 e. The number of ether oxygens (including phenoxy) is 2. The highest BCUT2D eigenvalue weighted by Crippen LogP contribution is 2.27. The lowest BCUT2D eigenvalue weighted by Gasteiger charge is -2.35. The highest BCUT2D eigenvalue weighted by atomic mass is 16.5. The number of piperazine rings is 1. The summed E-state index contributed by atoms with van der Waals surface area (Å²) in [6.45, 7) is 9.98. The first kappa shape index (κ1) is 27.9. The Morgan fingerprint density at radius 3 is 2.51 bits per heavy atom. The molecule has 0 aliphatic carbocycles. The van der Waals surface area contributed by atoms with Crippen LogP contribution in [0.3, 0.4) is 0 Å². The Morgan fingerprint density at radius 1 is 1.00 bits per heavy atom. The number of methoxy groups -OCH3 is 1. The van der Waals surface area contributed by atoms with Crippen LogP contribution in [0, 0.1) is 32.1 Å². The van der Waals surface area contributed by atoms with Gasteiger partial charge in [-0.3, -0.25) is 9.69 Å². The van der Waals surface area contributed by atoms with Crippen LogP contribution in [-0.2, 0) is 13.1 Å². The number of amides is 1. The number of aryl methyl sites for hydroxylation is 3. The number of pyridine rings is 1. The summed E-state index contributed by atoms with van der Waals surface area (Å²) >= 11 is 0. The molecule has 1 aliphatic heterocycles. The molecule has 5 rings (SSSR count). The SMILES string of the molecule is COc1c(C)cccc1C(=O)N1CCN(Cc2cnc(C)n2Cc2ccc(C#N)c(Oc3cccc(C)n3)c2)CC1. The largest absolute Gasteiger partial charge is 0.496 e. The van der Waals surface area contributed by atoms with Crippen molar-refractivity contribution < 1.29 is 14.3 Å². The smallest absolute Gasteiger partial charge is 0.257 e. The van der Waals surface area contributed by atoms with Crippen LogP contribution in [0.5, 0.6) is 17.4 Å². The van der Waals surface area contributed by atoms with Crippen molar-refractivity contribution in [3.63, 3.8) is 0 Å². The number of hydrogen-bond acceptors (Lipinski definition) is 7. The molecular formula is C32H34N6O3. The minimum atomic E-state index is 0.00536. The molecule has 9 nitrogen and oxygen atoms in total. The average molecular weight is 551 g/mol. The lowest BCUT2D eigenvalue weighted by Crippen LogP contribution is -2.48. The van der Waals surface area contributed by atoms with Crippen molar-refractivity contribution in [2.75, 3.05) is 33.3 Å². The third-order valence-electron chi connectivity index (χ3n) is 7.41. The van der Waals surface area contributed by atoms with E-state index in [2.05, 4.69) is 25.5 Å². The first-order chi connectivity index (χ1) is 19.9. The molecule has 1 amide bonds. The van der Waals surface area contributed by atoms with E-state index in [0.717, 1.165) is 48.0 Å². The number of rotatable bonds is 8. The number of nitriles is 1. The summed E-state index contributed by atoms with van der Waals surface area (Å²) in [5.41, 5.74) is 4.95. The number of hydrogen-bond donors (Lipinski definition) is 0. The molecule has 41 heavy (non-hydrogen) atoms. The molecule has 1 saturated heterocycles. The topological polar surface area (TPSA) is 96.5 Å². The van der Waals surface area contributed by atoms with Crippen LogP contribution in [0.25, 0.3) is 0 Å². The van der Waals surface area contributed by atoms with Crippen LogP contribution in [0.2, 0.25) is 0 Å². The average Bonchev–Trinajstić information content (AvgIpc) is 3.31. The molecule has 0 saturated carbocycles. The van der Waals surface area contributed by atoms with Gasteiger partial charge in [-0.25, -0.2) is 9.97 Å². The maximum absolute atomic E-state index is 13.2. The third kappa shape index (κ3) is 6.23. The van der Waals surface area contributed by atoms with Gasteiger partial charge in [0, 0.05) is 57.2 Å². The van der Waals surface area contributed by atoms with Gasteiger partial charge in [0.05, 0.1) is 23.9 Å². The summed E-state index contributed by atoms with van der Waals surface area (Å²) in [5.74, 6) is 2.49. The summed E-state index contributed by atoms with van der Waals surface area (Å²) in [6.07, 6.45) is 1.92. The fourth-order valence-corrected chi connectivity index (χ4v) is 5.17. The van der Waals surface area contributed by atoms with E-state index in [4.69, 9.17) is 9.47 Å². The molecule has 0 N–H and O–H groups in total. The van der Waals surface area contributed by atoms with Crippen LogP contribution < -0.4 is 9.47 Å². The Morgan fingerprint density at radius 2 is 1.78 bits per heavy atom. The minimum absolute atomic E-state index is 0.00536. The molecule has 210 valence electrons. The minimum Gasteiger partial charge on any atom is -0.496 e. The highest BCUT2D eigenvalue weighted by molar-refractivity contribution is 5.97. The Kier molecular flexibility index (Phi) is 8.31. The molecule has 2 aromatic carbocycles. The first-order valence-corrected chi connectivity index (χ1v) is 13.7. The van der Waals surface area contributed by atoms with Crippen molar-refractivity contribution in [1.29, 1.82) is 5.26 Å². The molecule has 1 fully saturated rings. The highest BCUT2D eigenvalue weighted by Gasteiger charge is 2.25. The van der Waals surface area contributed by atoms with Gasteiger partial charge in [-0.2, -0.15) is 5.26 Å². The third-order valence-corrected chi connectivity index (χ3v) is 7.41. The van der Waals surface area contributed by atoms with Gasteiger partial charge in [-0.05, 0) is 56.2 Å². The Balaban J connectivity index is 1.26. The lowest BCUT2D eigenvalue weighted by molar-refractivity contribution is 0.0622. The van der Waals surface area contributed by atoms with E-state index in [0.29, 0.717) is 48.1 Å². The van der Waals surface area contributed by atoms with E-state index in [1.54, 1.807) is 19.2 Å². The van der Waals surface area contributed by atoms with E-state index >= 15 is 0 Å². The maximum atomic E-state index is 13.2. The van der Waals surface area contributed by atoms with Crippen LogP contribution in [-0.4, -0.2) is 63.5 Å². The van der Waals surface area contributed by atoms with Crippen molar-refractivity contribution >= 4 is 5.91 Å². The van der Waals surface area contributed by atoms with E-state index in [9.17, 15) is 10.1 Å². The molecule has 3 heterocycles. The van der Waals surface area contributed by atoms with Gasteiger partial charge in [-0.15, -0.1) is 0 Å². The number of benzene rings is 2. The Labute approximate surface area is 240 Å². The first-order valence-electron chi connectivity index (χ1n) is 13.7. The van der Waals surface area contributed by atoms with Crippen LogP contribution in [0.4, 0.5) is 0 Å². The van der Waals surface area contributed by atoms with E-state index < -0.39 is 0 Å². The predicted molar refractivity (Wildman–Crippen MR) is 155 cm³/mol. The van der Waals surface area contributed by atoms with E-state index in [1.807, 2.05) is 74.3 Å². The molecule has 0 unspecified atom stereocenters. The molecule has 2 aromatic heterocycles. The number of carbonyl (C=O) groups is 1. The molecule has 9 heteroatoms. The zero-order chi connectivity index (χ0) is 28.9. The summed E-state index contributed by atoms with van der Waals surface area (Å²) in [4.78, 5) is 26.5. The van der Waals surface area contributed by atoms with Gasteiger partial charge in [-0.1, -0.05) is 24.3 Å². The second-order valence-electron chi connectivity index (χ2n) is 10.3. The monoisotopic (exact) mass is 550 g/mol. The molecule has 4 aromatic rings. The molecule has 0 bridgehead atoms. The number of imidazole rings is 1. The standard InChI is InChI=1S/C32H34N6O3/c1-22-7-5-9-28(31(22)40-4)32(39)37-15-13-36(14-16-37)21-27-19-34-24(3)38(27)20-25-11-12-26(18-33)29(17-25)41-30-10-6-8-23(2)35-30/h5-12,17,19H,13-16,20-21H2,1-4H3. The number of nitrogens with zero attached hydrogens (tertiary/aromatic N) is 6. The van der Waals surface area contributed by atoms with Gasteiger partial charge < -0.3 is 18.9 Å². The zero-order valence-corrected chi connectivity index (χ0v) is 23.9. The summed E-state index contributed by atoms with van der Waals surface area (Å²) in [6, 6.07) is 19.1. The quantitative estimate of drug-likeness (QED) is 0.308. The van der Waals surface area contributed by atoms with Crippen molar-refractivity contribution in [2.24, 2.45) is 0 Å². The number of para-hydroxylation sites is 1. The lowest BCUT2D eigenvalue weighted by atomic mass is 10.1. The molecule has 0 atom stereocenters. The van der Waals surface area contributed by atoms with Gasteiger partial charge in [0.2, 0.25) is 5.88 Å². The normalized spacial score (nSPS) is 13.6. The predicted octanol–water partition coefficient (Wildman–Crippen LogP) is 4.88. The van der Waals surface area contributed by atoms with Crippen molar-refractivity contribution in [1.82, 2.24) is 24.3 Å². The fourth-order valence-electron chi connectivity index (χ4n) is 5.17. The van der Waals surface area contributed by atoms with Crippen LogP contribution >= 0.6 is 0 Å². The number of carbonyl (C=O) groups excluding carboxylic acids is 1. The summed E-state index contributed by atoms with van der Waals surface area (Å²) < 4.78 is 13.7. The summed E-state index contributed by atoms with van der Waals surface area (Å²) in [7, 11) is 1.61. The zero-order valence-electron chi connectivity index (χ0n) is 23.9.